The average molecular weight is 325 g/mol. The lowest BCUT2D eigenvalue weighted by atomic mass is 10.1. The third-order valence-corrected chi connectivity index (χ3v) is 4.69. The zero-order valence-corrected chi connectivity index (χ0v) is 14.4. The van der Waals surface area contributed by atoms with Gasteiger partial charge in [0.1, 0.15) is 0 Å². The Labute approximate surface area is 138 Å². The van der Waals surface area contributed by atoms with E-state index in [2.05, 4.69) is 4.90 Å². The Morgan fingerprint density at radius 1 is 1.50 bits per heavy atom. The number of nitrogens with zero attached hydrogens (tertiary/aromatic N) is 2. The van der Waals surface area contributed by atoms with Gasteiger partial charge in [-0.1, -0.05) is 11.6 Å². The summed E-state index contributed by atoms with van der Waals surface area (Å²) in [6.45, 7) is 6.59. The summed E-state index contributed by atoms with van der Waals surface area (Å²) >= 11 is 6.02. The summed E-state index contributed by atoms with van der Waals surface area (Å²) in [7, 11) is 3.61. The molecule has 0 aliphatic carbocycles. The SMILES string of the molecule is COCCN1CCC(CN(C)C(=O)c2ccc(Cl)c(C)c2)C1. The molecule has 5 heteroatoms. The number of ether oxygens (including phenoxy) is 1. The molecule has 122 valence electrons. The zero-order chi connectivity index (χ0) is 16.1. The largest absolute Gasteiger partial charge is 0.383 e. The van der Waals surface area contributed by atoms with Gasteiger partial charge in [0.05, 0.1) is 6.61 Å². The number of rotatable bonds is 6. The molecule has 1 aliphatic rings. The van der Waals surface area contributed by atoms with Crippen LogP contribution in [0.2, 0.25) is 5.02 Å². The first-order valence-corrected chi connectivity index (χ1v) is 8.12. The van der Waals surface area contributed by atoms with Crippen LogP contribution in [0.5, 0.6) is 0 Å². The predicted octanol–water partition coefficient (Wildman–Crippen LogP) is 2.69. The number of likely N-dealkylation sites (tertiary alicyclic amines) is 1. The first-order valence-electron chi connectivity index (χ1n) is 7.74. The molecule has 1 fully saturated rings. The molecule has 1 aromatic rings. The van der Waals surface area contributed by atoms with Crippen molar-refractivity contribution < 1.29 is 9.53 Å². The maximum atomic E-state index is 12.5. The molecule has 0 spiro atoms. The third-order valence-electron chi connectivity index (χ3n) is 4.27. The highest BCUT2D eigenvalue weighted by atomic mass is 35.5. The normalized spacial score (nSPS) is 18.6. The van der Waals surface area contributed by atoms with Gasteiger partial charge in [-0.3, -0.25) is 4.79 Å². The summed E-state index contributed by atoms with van der Waals surface area (Å²) in [5.74, 6) is 0.606. The average Bonchev–Trinajstić information content (AvgIpc) is 2.94. The second-order valence-corrected chi connectivity index (χ2v) is 6.50. The minimum atomic E-state index is 0.0649. The van der Waals surface area contributed by atoms with Crippen molar-refractivity contribution >= 4 is 17.5 Å². The first-order chi connectivity index (χ1) is 10.5. The Bertz CT molecular complexity index is 521. The van der Waals surface area contributed by atoms with E-state index >= 15 is 0 Å². The van der Waals surface area contributed by atoms with E-state index in [-0.39, 0.29) is 5.91 Å². The summed E-state index contributed by atoms with van der Waals surface area (Å²) in [6.07, 6.45) is 1.14. The number of hydrogen-bond acceptors (Lipinski definition) is 3. The van der Waals surface area contributed by atoms with Crippen LogP contribution < -0.4 is 0 Å². The number of amides is 1. The smallest absolute Gasteiger partial charge is 0.253 e. The zero-order valence-electron chi connectivity index (χ0n) is 13.6. The van der Waals surface area contributed by atoms with Gasteiger partial charge in [0, 0.05) is 44.4 Å². The van der Waals surface area contributed by atoms with E-state index in [0.717, 1.165) is 44.8 Å². The maximum Gasteiger partial charge on any atom is 0.253 e. The van der Waals surface area contributed by atoms with Gasteiger partial charge >= 0.3 is 0 Å². The summed E-state index contributed by atoms with van der Waals surface area (Å²) in [5, 5.41) is 0.698. The topological polar surface area (TPSA) is 32.8 Å². The van der Waals surface area contributed by atoms with Crippen molar-refractivity contribution in [1.82, 2.24) is 9.80 Å². The summed E-state index contributed by atoms with van der Waals surface area (Å²) in [6, 6.07) is 5.45. The van der Waals surface area contributed by atoms with Crippen LogP contribution in [0.1, 0.15) is 22.3 Å². The van der Waals surface area contributed by atoms with Crippen molar-refractivity contribution in [1.29, 1.82) is 0 Å². The van der Waals surface area contributed by atoms with Crippen molar-refractivity contribution in [3.8, 4) is 0 Å². The van der Waals surface area contributed by atoms with E-state index in [0.29, 0.717) is 16.5 Å². The molecule has 1 aromatic carbocycles. The fourth-order valence-corrected chi connectivity index (χ4v) is 3.07. The molecule has 1 atom stereocenters. The minimum absolute atomic E-state index is 0.0649. The lowest BCUT2D eigenvalue weighted by Crippen LogP contribution is -2.33. The molecule has 0 aromatic heterocycles. The van der Waals surface area contributed by atoms with Crippen LogP contribution in [0.15, 0.2) is 18.2 Å². The fraction of sp³-hybridized carbons (Fsp3) is 0.588. The summed E-state index contributed by atoms with van der Waals surface area (Å²) < 4.78 is 5.12. The van der Waals surface area contributed by atoms with Crippen LogP contribution in [-0.4, -0.2) is 62.7 Å². The van der Waals surface area contributed by atoms with Crippen LogP contribution in [0.4, 0.5) is 0 Å². The van der Waals surface area contributed by atoms with Gasteiger partial charge in [0.25, 0.3) is 5.91 Å². The Morgan fingerprint density at radius 3 is 2.95 bits per heavy atom. The quantitative estimate of drug-likeness (QED) is 0.806. The first kappa shape index (κ1) is 17.3. The summed E-state index contributed by atoms with van der Waals surface area (Å²) in [5.41, 5.74) is 1.64. The summed E-state index contributed by atoms with van der Waals surface area (Å²) in [4.78, 5) is 16.7. The second-order valence-electron chi connectivity index (χ2n) is 6.10. The maximum absolute atomic E-state index is 12.5. The molecule has 1 aliphatic heterocycles. The Kier molecular flexibility index (Phi) is 6.24. The highest BCUT2D eigenvalue weighted by molar-refractivity contribution is 6.31. The highest BCUT2D eigenvalue weighted by Crippen LogP contribution is 2.20. The molecule has 1 amide bonds. The van der Waals surface area contributed by atoms with Crippen LogP contribution in [0.25, 0.3) is 0 Å². The number of aryl methyl sites for hydroxylation is 1. The minimum Gasteiger partial charge on any atom is -0.383 e. The van der Waals surface area contributed by atoms with Crippen molar-refractivity contribution in [3.63, 3.8) is 0 Å². The number of benzene rings is 1. The van der Waals surface area contributed by atoms with E-state index in [1.54, 1.807) is 19.2 Å². The predicted molar refractivity (Wildman–Crippen MR) is 89.6 cm³/mol. The second kappa shape index (κ2) is 7.95. The number of hydrogen-bond donors (Lipinski definition) is 0. The fourth-order valence-electron chi connectivity index (χ4n) is 2.95. The Hall–Kier alpha value is -1.10. The molecule has 1 heterocycles. The highest BCUT2D eigenvalue weighted by Gasteiger charge is 2.25. The van der Waals surface area contributed by atoms with Gasteiger partial charge in [-0.15, -0.1) is 0 Å². The van der Waals surface area contributed by atoms with E-state index in [4.69, 9.17) is 16.3 Å². The molecule has 0 radical (unpaired) electrons. The molecular weight excluding hydrogens is 300 g/mol. The lowest BCUT2D eigenvalue weighted by molar-refractivity contribution is 0.0772. The van der Waals surface area contributed by atoms with Gasteiger partial charge < -0.3 is 14.5 Å². The van der Waals surface area contributed by atoms with Gasteiger partial charge in [0.2, 0.25) is 0 Å². The monoisotopic (exact) mass is 324 g/mol. The van der Waals surface area contributed by atoms with Crippen LogP contribution in [0.3, 0.4) is 0 Å². The van der Waals surface area contributed by atoms with E-state index in [1.165, 1.54) is 0 Å². The van der Waals surface area contributed by atoms with Crippen molar-refractivity contribution in [3.05, 3.63) is 34.3 Å². The van der Waals surface area contributed by atoms with Gasteiger partial charge in [0.15, 0.2) is 0 Å². The Morgan fingerprint density at radius 2 is 2.27 bits per heavy atom. The third kappa shape index (κ3) is 4.45. The van der Waals surface area contributed by atoms with E-state index in [1.807, 2.05) is 24.9 Å². The van der Waals surface area contributed by atoms with Crippen LogP contribution in [-0.2, 0) is 4.74 Å². The molecule has 0 N–H and O–H groups in total. The molecular formula is C17H25ClN2O2. The lowest BCUT2D eigenvalue weighted by Gasteiger charge is -2.22. The van der Waals surface area contributed by atoms with Gasteiger partial charge in [-0.05, 0) is 49.6 Å². The number of carbonyl (C=O) groups excluding carboxylic acids is 1. The molecule has 22 heavy (non-hydrogen) atoms. The standard InChI is InChI=1S/C17H25ClN2O2/c1-13-10-15(4-5-16(13)18)17(21)19(2)11-14-6-7-20(12-14)8-9-22-3/h4-5,10,14H,6-9,11-12H2,1-3H3. The van der Waals surface area contributed by atoms with Gasteiger partial charge in [-0.25, -0.2) is 0 Å². The van der Waals surface area contributed by atoms with Crippen molar-refractivity contribution in [2.24, 2.45) is 5.92 Å². The molecule has 1 saturated heterocycles. The Balaban J connectivity index is 1.88. The van der Waals surface area contributed by atoms with Crippen LogP contribution in [0, 0.1) is 12.8 Å². The number of halogens is 1. The van der Waals surface area contributed by atoms with E-state index in [9.17, 15) is 4.79 Å². The van der Waals surface area contributed by atoms with E-state index < -0.39 is 0 Å². The molecule has 2 rings (SSSR count). The number of methoxy groups -OCH3 is 1. The number of carbonyl (C=O) groups is 1. The molecule has 1 unspecified atom stereocenters. The molecule has 4 nitrogen and oxygen atoms in total. The molecule has 0 saturated carbocycles. The van der Waals surface area contributed by atoms with Crippen molar-refractivity contribution in [2.45, 2.75) is 13.3 Å². The molecule has 0 bridgehead atoms. The van der Waals surface area contributed by atoms with Gasteiger partial charge in [-0.2, -0.15) is 0 Å². The van der Waals surface area contributed by atoms with Crippen LogP contribution >= 0.6 is 11.6 Å². The van der Waals surface area contributed by atoms with Crippen molar-refractivity contribution in [2.75, 3.05) is 46.9 Å².